The Morgan fingerprint density at radius 1 is 0.407 bits per heavy atom. The zero-order valence-corrected chi connectivity index (χ0v) is 30.9. The molecule has 1 unspecified atom stereocenters. The van der Waals surface area contributed by atoms with E-state index in [0.29, 0.717) is 27.3 Å². The van der Waals surface area contributed by atoms with Gasteiger partial charge < -0.3 is 20.4 Å². The Labute approximate surface area is 335 Å². The Morgan fingerprint density at radius 3 is 1.27 bits per heavy atom. The van der Waals surface area contributed by atoms with E-state index in [2.05, 4.69) is 0 Å². The minimum absolute atomic E-state index is 0.0311. The Balaban J connectivity index is 1.14. The van der Waals surface area contributed by atoms with Gasteiger partial charge in [0.05, 0.1) is 19.2 Å². The molecule has 0 saturated heterocycles. The van der Waals surface area contributed by atoms with Crippen molar-refractivity contribution in [2.75, 3.05) is 9.80 Å². The van der Waals surface area contributed by atoms with Gasteiger partial charge in [-0.05, 0) is 84.0 Å². The predicted octanol–water partition coefficient (Wildman–Crippen LogP) is 9.21. The molecular weight excluding hydrogens is 743 g/mol. The molecule has 4 N–H and O–H groups in total. The Kier molecular flexibility index (Phi) is 6.87. The van der Waals surface area contributed by atoms with Gasteiger partial charge in [0.1, 0.15) is 23.0 Å². The highest BCUT2D eigenvalue weighted by Crippen LogP contribution is 2.49. The van der Waals surface area contributed by atoms with Crippen molar-refractivity contribution in [2.45, 2.75) is 12.7 Å². The number of nitrogens with zero attached hydrogens (tertiary/aromatic N) is 2. The van der Waals surface area contributed by atoms with Crippen molar-refractivity contribution < 1.29 is 39.6 Å². The summed E-state index contributed by atoms with van der Waals surface area (Å²) in [6.45, 7) is 1.84. The van der Waals surface area contributed by atoms with Gasteiger partial charge in [0.2, 0.25) is 0 Å². The summed E-state index contributed by atoms with van der Waals surface area (Å²) in [5.41, 5.74) is 3.57. The maximum Gasteiger partial charge on any atom is 0.265 e. The topological polar surface area (TPSA) is 156 Å². The van der Waals surface area contributed by atoms with Crippen LogP contribution in [0.3, 0.4) is 0 Å². The second kappa shape index (κ2) is 11.8. The van der Waals surface area contributed by atoms with Crippen molar-refractivity contribution in [1.82, 2.24) is 0 Å². The molecule has 2 aliphatic heterocycles. The number of aromatic hydroxyl groups is 4. The Morgan fingerprint density at radius 2 is 0.780 bits per heavy atom. The molecule has 0 aromatic heterocycles. The van der Waals surface area contributed by atoms with E-state index in [4.69, 9.17) is 7.85 Å². The van der Waals surface area contributed by atoms with Crippen LogP contribution in [0, 0.1) is 0 Å². The number of benzene rings is 9. The molecule has 2 aliphatic rings. The monoisotopic (exact) mass is 770 g/mol. The lowest BCUT2D eigenvalue weighted by atomic mass is 9.76. The lowest BCUT2D eigenvalue weighted by Crippen LogP contribution is -2.40. The fourth-order valence-electron chi connectivity index (χ4n) is 9.43. The predicted molar refractivity (Wildman–Crippen MR) is 227 cm³/mol. The molecule has 9 aromatic carbocycles. The molecule has 4 amide bonds. The first-order chi connectivity index (χ1) is 28.4. The number of carbonyl (C=O) groups is 4. The van der Waals surface area contributed by atoms with Crippen molar-refractivity contribution in [3.8, 4) is 34.1 Å². The van der Waals surface area contributed by atoms with Crippen LogP contribution in [0.5, 0.6) is 23.0 Å². The average molecular weight is 771 g/mol. The van der Waals surface area contributed by atoms with E-state index in [-0.39, 0.29) is 45.5 Å². The molecule has 0 bridgehead atoms. The lowest BCUT2D eigenvalue weighted by molar-refractivity contribution is 0.0877. The van der Waals surface area contributed by atoms with Crippen molar-refractivity contribution in [3.05, 3.63) is 143 Å². The third-order valence-electron chi connectivity index (χ3n) is 11.8. The minimum Gasteiger partial charge on any atom is -0.508 e. The quantitative estimate of drug-likeness (QED) is 0.0598. The molecule has 10 nitrogen and oxygen atoms in total. The first-order valence-corrected chi connectivity index (χ1v) is 18.8. The number of phenols is 4. The van der Waals surface area contributed by atoms with E-state index < -0.39 is 29.4 Å². The van der Waals surface area contributed by atoms with Gasteiger partial charge in [-0.15, -0.1) is 0 Å². The van der Waals surface area contributed by atoms with E-state index in [1.54, 1.807) is 30.3 Å². The molecule has 2 radical (unpaired) electrons. The van der Waals surface area contributed by atoms with Gasteiger partial charge in [-0.1, -0.05) is 67.3 Å². The molecule has 11 heteroatoms. The molecular formula is C48H27BN2O8. The normalized spacial score (nSPS) is 14.5. The van der Waals surface area contributed by atoms with Crippen LogP contribution in [0.1, 0.15) is 59.7 Å². The Bertz CT molecular complexity index is 3330. The van der Waals surface area contributed by atoms with Crippen LogP contribution in [-0.2, 0) is 0 Å². The molecule has 11 rings (SSSR count). The maximum absolute atomic E-state index is 14.2. The van der Waals surface area contributed by atoms with Crippen molar-refractivity contribution in [1.29, 1.82) is 0 Å². The smallest absolute Gasteiger partial charge is 0.265 e. The standard InChI is InChI=1S/C48H27BN2O8/c1-21(49)28-5-11-36-43-37(46(57)50(45(36)56)22-15-24(52)19-25(53)16-22)12-8-32(41(28)43)29-6-7-33-35-10-14-39-44-38(13-9-34(42(35)44)31-4-2-3-30(29)40(31)33)47(58)51(48(39)59)23-17-26(54)20-27(55)18-23/h2-21,52-55H,1H3. The van der Waals surface area contributed by atoms with E-state index in [1.807, 2.05) is 55.5 Å². The molecule has 0 aliphatic carbocycles. The summed E-state index contributed by atoms with van der Waals surface area (Å²) in [4.78, 5) is 58.5. The zero-order chi connectivity index (χ0) is 40.8. The van der Waals surface area contributed by atoms with Gasteiger partial charge in [-0.3, -0.25) is 19.2 Å². The highest BCUT2D eigenvalue weighted by atomic mass is 16.3. The largest absolute Gasteiger partial charge is 0.508 e. The number of fused-ring (bicyclic) bond motifs is 2. The van der Waals surface area contributed by atoms with E-state index in [9.17, 15) is 39.6 Å². The summed E-state index contributed by atoms with van der Waals surface area (Å²) >= 11 is 0. The fraction of sp³-hybridized carbons (Fsp3) is 0.0417. The molecule has 280 valence electrons. The number of hydrogen-bond donors (Lipinski definition) is 4. The second-order valence-corrected chi connectivity index (χ2v) is 15.2. The molecule has 1 atom stereocenters. The van der Waals surface area contributed by atoms with Gasteiger partial charge >= 0.3 is 0 Å². The van der Waals surface area contributed by atoms with Gasteiger partial charge in [-0.25, -0.2) is 9.80 Å². The first-order valence-electron chi connectivity index (χ1n) is 18.8. The maximum atomic E-state index is 14.2. The first kappa shape index (κ1) is 34.3. The van der Waals surface area contributed by atoms with Gasteiger partial charge in [0, 0.05) is 69.4 Å². The molecule has 0 fully saturated rings. The van der Waals surface area contributed by atoms with Crippen LogP contribution >= 0.6 is 0 Å². The van der Waals surface area contributed by atoms with Crippen LogP contribution in [0.4, 0.5) is 11.4 Å². The van der Waals surface area contributed by atoms with Gasteiger partial charge in [0.15, 0.2) is 0 Å². The van der Waals surface area contributed by atoms with Crippen LogP contribution in [-0.4, -0.2) is 51.9 Å². The summed E-state index contributed by atoms with van der Waals surface area (Å²) in [6, 6.07) is 31.4. The van der Waals surface area contributed by atoms with Gasteiger partial charge in [0.25, 0.3) is 23.6 Å². The minimum atomic E-state index is -0.612. The molecule has 0 saturated carbocycles. The van der Waals surface area contributed by atoms with Crippen LogP contribution in [0.2, 0.25) is 0 Å². The van der Waals surface area contributed by atoms with Crippen LogP contribution in [0.25, 0.3) is 65.0 Å². The number of anilines is 2. The number of imide groups is 2. The highest BCUT2D eigenvalue weighted by Gasteiger charge is 2.38. The summed E-state index contributed by atoms with van der Waals surface area (Å²) in [7, 11) is 6.60. The van der Waals surface area contributed by atoms with Crippen molar-refractivity contribution in [2.24, 2.45) is 0 Å². The number of rotatable bonds is 4. The van der Waals surface area contributed by atoms with Crippen molar-refractivity contribution >= 4 is 96.7 Å². The highest BCUT2D eigenvalue weighted by molar-refractivity contribution is 6.43. The molecule has 0 spiro atoms. The molecule has 59 heavy (non-hydrogen) atoms. The summed E-state index contributed by atoms with van der Waals surface area (Å²) < 4.78 is 0. The van der Waals surface area contributed by atoms with E-state index in [1.165, 1.54) is 24.3 Å². The number of carbonyl (C=O) groups excluding carboxylic acids is 4. The number of hydrogen-bond acceptors (Lipinski definition) is 8. The van der Waals surface area contributed by atoms with Crippen LogP contribution in [0.15, 0.2) is 115 Å². The molecule has 2 heterocycles. The summed E-state index contributed by atoms with van der Waals surface area (Å²) in [5, 5.41) is 48.4. The summed E-state index contributed by atoms with van der Waals surface area (Å²) in [5.74, 6) is -4.04. The fourth-order valence-corrected chi connectivity index (χ4v) is 9.43. The Hall–Kier alpha value is -7.92. The van der Waals surface area contributed by atoms with E-state index >= 15 is 0 Å². The van der Waals surface area contributed by atoms with Gasteiger partial charge in [-0.2, -0.15) is 0 Å². The van der Waals surface area contributed by atoms with Crippen LogP contribution < -0.4 is 9.80 Å². The SMILES string of the molecule is [B]C(C)c1ccc2c3c(ccc(-c4ccc5c6ccc7c8c(ccc(c9cccc4c95)c86)C(=O)N(c4cc(O)cc(O)c4)C7=O)c13)C(=O)N(c1cc(O)cc(O)c1)C2=O. The third-order valence-corrected chi connectivity index (χ3v) is 11.8. The lowest BCUT2D eigenvalue weighted by Gasteiger charge is -2.30. The molecule has 9 aromatic rings. The van der Waals surface area contributed by atoms with Crippen molar-refractivity contribution in [3.63, 3.8) is 0 Å². The number of amides is 4. The summed E-state index contributed by atoms with van der Waals surface area (Å²) in [6.07, 6.45) is 0. The third kappa shape index (κ3) is 4.58. The average Bonchev–Trinajstić information content (AvgIpc) is 3.20. The zero-order valence-electron chi connectivity index (χ0n) is 30.9. The second-order valence-electron chi connectivity index (χ2n) is 15.2. The number of phenolic OH excluding ortho intramolecular Hbond substituents is 4. The van der Waals surface area contributed by atoms with E-state index in [0.717, 1.165) is 76.3 Å².